The first kappa shape index (κ1) is 28.4. The van der Waals surface area contributed by atoms with Gasteiger partial charge in [0.1, 0.15) is 11.8 Å². The SMILES string of the molecule is O=C1C2C3C[C@H](NS(=O)(=O)c4ccccc4)CN3C3(c4cc(Cl)cc(Cl)c4NC3O)C2C(=O)N1c1cc(Cl)cc(Cl)c1. The van der Waals surface area contributed by atoms with E-state index in [2.05, 4.69) is 10.0 Å². The molecule has 4 aliphatic heterocycles. The second-order valence-electron chi connectivity index (χ2n) is 10.9. The van der Waals surface area contributed by atoms with Gasteiger partial charge in [0.2, 0.25) is 21.8 Å². The maximum atomic E-state index is 14.3. The van der Waals surface area contributed by atoms with Gasteiger partial charge in [-0.2, -0.15) is 0 Å². The maximum absolute atomic E-state index is 14.3. The average molecular weight is 668 g/mol. The molecule has 42 heavy (non-hydrogen) atoms. The summed E-state index contributed by atoms with van der Waals surface area (Å²) >= 11 is 25.4. The van der Waals surface area contributed by atoms with Crippen molar-refractivity contribution in [1.29, 1.82) is 0 Å². The molecule has 3 fully saturated rings. The summed E-state index contributed by atoms with van der Waals surface area (Å²) in [6.45, 7) is 0.121. The molecule has 5 unspecified atom stereocenters. The normalized spacial score (nSPS) is 30.1. The minimum absolute atomic E-state index is 0.104. The minimum Gasteiger partial charge on any atom is -0.371 e. The lowest BCUT2D eigenvalue weighted by Gasteiger charge is -2.41. The summed E-state index contributed by atoms with van der Waals surface area (Å²) in [5, 5.41) is 15.8. The van der Waals surface area contributed by atoms with Gasteiger partial charge in [0.25, 0.3) is 0 Å². The van der Waals surface area contributed by atoms with Crippen LogP contribution in [0, 0.1) is 11.8 Å². The topological polar surface area (TPSA) is 119 Å². The first-order valence-electron chi connectivity index (χ1n) is 13.1. The molecule has 0 saturated carbocycles. The number of sulfonamides is 1. The van der Waals surface area contributed by atoms with E-state index in [4.69, 9.17) is 46.4 Å². The Hall–Kier alpha value is -2.41. The monoisotopic (exact) mass is 666 g/mol. The van der Waals surface area contributed by atoms with Crippen LogP contribution in [0.3, 0.4) is 0 Å². The van der Waals surface area contributed by atoms with Gasteiger partial charge < -0.3 is 10.4 Å². The van der Waals surface area contributed by atoms with E-state index >= 15 is 0 Å². The van der Waals surface area contributed by atoms with Gasteiger partial charge >= 0.3 is 0 Å². The smallest absolute Gasteiger partial charge is 0.240 e. The predicted octanol–water partition coefficient (Wildman–Crippen LogP) is 4.48. The second kappa shape index (κ2) is 9.80. The first-order chi connectivity index (χ1) is 19.9. The average Bonchev–Trinajstić information content (AvgIpc) is 3.60. The van der Waals surface area contributed by atoms with Crippen LogP contribution < -0.4 is 14.9 Å². The summed E-state index contributed by atoms with van der Waals surface area (Å²) in [5.41, 5.74) is -0.409. The van der Waals surface area contributed by atoms with E-state index in [1.165, 1.54) is 36.4 Å². The number of halogens is 4. The number of fused-ring (bicyclic) bond motifs is 7. The predicted molar refractivity (Wildman–Crippen MR) is 159 cm³/mol. The molecule has 3 saturated heterocycles. The summed E-state index contributed by atoms with van der Waals surface area (Å²) in [6.07, 6.45) is -1.15. The summed E-state index contributed by atoms with van der Waals surface area (Å²) in [7, 11) is -3.90. The van der Waals surface area contributed by atoms with Gasteiger partial charge in [-0.15, -0.1) is 0 Å². The number of hydrogen-bond donors (Lipinski definition) is 3. The number of nitrogens with one attached hydrogen (secondary N) is 2. The zero-order chi connectivity index (χ0) is 29.7. The number of carbonyl (C=O) groups is 2. The standard InChI is InChI=1S/C28H22Cl4N4O5S/c29-13-6-14(30)8-17(7-13)36-25(37)22-21-11-16(34-42(40,41)18-4-2-1-3-5-18)12-35(21)28(23(22)26(36)38)19-9-15(31)10-20(32)24(19)33-27(28)39/h1-10,16,21-23,27,33-34,39H,11-12H2/t16-,21?,22?,23?,27?,28?/m0/s1. The van der Waals surface area contributed by atoms with Crippen LogP contribution in [-0.4, -0.2) is 55.1 Å². The molecular weight excluding hydrogens is 646 g/mol. The second-order valence-corrected chi connectivity index (χ2v) is 14.3. The van der Waals surface area contributed by atoms with Crippen molar-refractivity contribution in [3.63, 3.8) is 0 Å². The van der Waals surface area contributed by atoms with Crippen LogP contribution in [-0.2, 0) is 25.2 Å². The van der Waals surface area contributed by atoms with Gasteiger partial charge in [-0.05, 0) is 48.9 Å². The number of aliphatic hydroxyl groups excluding tert-OH is 1. The highest BCUT2D eigenvalue weighted by atomic mass is 35.5. The van der Waals surface area contributed by atoms with Gasteiger partial charge in [0, 0.05) is 39.3 Å². The molecule has 9 nitrogen and oxygen atoms in total. The van der Waals surface area contributed by atoms with Gasteiger partial charge in [-0.3, -0.25) is 14.5 Å². The molecule has 4 heterocycles. The number of carbonyl (C=O) groups excluding carboxylic acids is 2. The highest BCUT2D eigenvalue weighted by molar-refractivity contribution is 7.89. The Morgan fingerprint density at radius 2 is 1.60 bits per heavy atom. The van der Waals surface area contributed by atoms with Crippen LogP contribution in [0.5, 0.6) is 0 Å². The molecule has 0 aromatic heterocycles. The molecule has 3 aromatic rings. The quantitative estimate of drug-likeness (QED) is 0.351. The van der Waals surface area contributed by atoms with Crippen LogP contribution in [0.4, 0.5) is 11.4 Å². The van der Waals surface area contributed by atoms with Crippen molar-refractivity contribution in [2.45, 2.75) is 35.2 Å². The maximum Gasteiger partial charge on any atom is 0.240 e. The van der Waals surface area contributed by atoms with E-state index in [0.29, 0.717) is 11.3 Å². The molecule has 2 amide bonds. The Morgan fingerprint density at radius 1 is 0.929 bits per heavy atom. The van der Waals surface area contributed by atoms with Crippen molar-refractivity contribution < 1.29 is 23.1 Å². The van der Waals surface area contributed by atoms with Gasteiger partial charge in [-0.1, -0.05) is 64.6 Å². The van der Waals surface area contributed by atoms with E-state index in [9.17, 15) is 23.1 Å². The number of aliphatic hydroxyl groups is 1. The molecule has 218 valence electrons. The number of anilines is 2. The lowest BCUT2D eigenvalue weighted by molar-refractivity contribution is -0.127. The van der Waals surface area contributed by atoms with Crippen molar-refractivity contribution in [2.75, 3.05) is 16.8 Å². The molecule has 0 aliphatic carbocycles. The van der Waals surface area contributed by atoms with Gasteiger partial charge in [-0.25, -0.2) is 18.0 Å². The van der Waals surface area contributed by atoms with Crippen LogP contribution in [0.25, 0.3) is 0 Å². The fourth-order valence-electron chi connectivity index (χ4n) is 7.33. The molecule has 0 bridgehead atoms. The molecule has 1 spiro atoms. The molecule has 6 atom stereocenters. The van der Waals surface area contributed by atoms with Crippen molar-refractivity contribution >= 4 is 79.6 Å². The molecule has 3 aromatic carbocycles. The van der Waals surface area contributed by atoms with E-state index in [0.717, 1.165) is 4.90 Å². The third kappa shape index (κ3) is 3.97. The van der Waals surface area contributed by atoms with E-state index in [1.807, 2.05) is 4.90 Å². The largest absolute Gasteiger partial charge is 0.371 e. The molecule has 7 rings (SSSR count). The van der Waals surface area contributed by atoms with Crippen molar-refractivity contribution in [1.82, 2.24) is 9.62 Å². The molecule has 3 N–H and O–H groups in total. The Kier molecular flexibility index (Phi) is 6.62. The van der Waals surface area contributed by atoms with Crippen molar-refractivity contribution in [2.24, 2.45) is 11.8 Å². The van der Waals surface area contributed by atoms with Gasteiger partial charge in [0.05, 0.1) is 33.1 Å². The highest BCUT2D eigenvalue weighted by Gasteiger charge is 2.75. The number of amides is 2. The van der Waals surface area contributed by atoms with Crippen LogP contribution in [0.2, 0.25) is 20.1 Å². The summed E-state index contributed by atoms with van der Waals surface area (Å²) in [4.78, 5) is 31.5. The Balaban J connectivity index is 1.36. The van der Waals surface area contributed by atoms with E-state index < -0.39 is 57.5 Å². The molecule has 0 radical (unpaired) electrons. The first-order valence-corrected chi connectivity index (χ1v) is 16.0. The third-order valence-electron chi connectivity index (χ3n) is 8.72. The van der Waals surface area contributed by atoms with Crippen LogP contribution in [0.1, 0.15) is 12.0 Å². The molecular formula is C28H22Cl4N4O5S. The fraction of sp³-hybridized carbons (Fsp3) is 0.286. The number of imide groups is 1. The number of benzene rings is 3. The van der Waals surface area contributed by atoms with Gasteiger partial charge in [0.15, 0.2) is 0 Å². The summed E-state index contributed by atoms with van der Waals surface area (Å²) in [5.74, 6) is -2.99. The molecule has 4 aliphatic rings. The third-order valence-corrected chi connectivity index (χ3v) is 11.2. The number of hydrogen-bond acceptors (Lipinski definition) is 7. The Labute approximate surface area is 261 Å². The summed E-state index contributed by atoms with van der Waals surface area (Å²) in [6, 6.07) is 14.3. The number of rotatable bonds is 4. The van der Waals surface area contributed by atoms with Crippen molar-refractivity contribution in [3.05, 3.63) is 86.3 Å². The van der Waals surface area contributed by atoms with Crippen molar-refractivity contribution in [3.8, 4) is 0 Å². The Bertz CT molecular complexity index is 1760. The highest BCUT2D eigenvalue weighted by Crippen LogP contribution is 2.63. The number of nitrogens with zero attached hydrogens (tertiary/aromatic N) is 2. The zero-order valence-electron chi connectivity index (χ0n) is 21.5. The van der Waals surface area contributed by atoms with E-state index in [-0.39, 0.29) is 43.6 Å². The zero-order valence-corrected chi connectivity index (χ0v) is 25.3. The lowest BCUT2D eigenvalue weighted by Crippen LogP contribution is -2.57. The molecule has 14 heteroatoms. The lowest BCUT2D eigenvalue weighted by atomic mass is 9.74. The fourth-order valence-corrected chi connectivity index (χ4v) is 9.65. The Morgan fingerprint density at radius 3 is 2.29 bits per heavy atom. The minimum atomic E-state index is -3.90. The van der Waals surface area contributed by atoms with Crippen LogP contribution in [0.15, 0.2) is 65.6 Å². The summed E-state index contributed by atoms with van der Waals surface area (Å²) < 4.78 is 29.2. The van der Waals surface area contributed by atoms with Crippen LogP contribution >= 0.6 is 46.4 Å². The van der Waals surface area contributed by atoms with E-state index in [1.54, 1.807) is 24.3 Å².